The van der Waals surface area contributed by atoms with E-state index in [-0.39, 0.29) is 0 Å². The van der Waals surface area contributed by atoms with E-state index in [1.807, 2.05) is 11.3 Å². The summed E-state index contributed by atoms with van der Waals surface area (Å²) >= 11 is 1.91. The smallest absolute Gasteiger partial charge is 0.0309 e. The van der Waals surface area contributed by atoms with Crippen LogP contribution in [0.5, 0.6) is 0 Å². The summed E-state index contributed by atoms with van der Waals surface area (Å²) in [7, 11) is 0. The number of piperazine rings is 1. The summed E-state index contributed by atoms with van der Waals surface area (Å²) in [5.74, 6) is 0.791. The molecule has 1 N–H and O–H groups in total. The second-order valence-electron chi connectivity index (χ2n) is 7.12. The van der Waals surface area contributed by atoms with Gasteiger partial charge in [-0.25, -0.2) is 0 Å². The van der Waals surface area contributed by atoms with E-state index in [0.717, 1.165) is 12.0 Å². The minimum Gasteiger partial charge on any atom is -0.308 e. The van der Waals surface area contributed by atoms with Crippen molar-refractivity contribution in [2.24, 2.45) is 5.92 Å². The molecule has 1 aliphatic heterocycles. The molecule has 1 saturated carbocycles. The molecular weight excluding hydrogens is 276 g/mol. The molecule has 0 amide bonds. The Balaban J connectivity index is 1.66. The lowest BCUT2D eigenvalue weighted by molar-refractivity contribution is 0.0530. The van der Waals surface area contributed by atoms with Gasteiger partial charge in [-0.2, -0.15) is 0 Å². The van der Waals surface area contributed by atoms with E-state index in [1.54, 1.807) is 0 Å². The van der Waals surface area contributed by atoms with Crippen molar-refractivity contribution in [3.63, 3.8) is 0 Å². The van der Waals surface area contributed by atoms with Crippen LogP contribution in [0.2, 0.25) is 0 Å². The Labute approximate surface area is 133 Å². The minimum atomic E-state index is 0.444. The molecule has 0 aromatic carbocycles. The summed E-state index contributed by atoms with van der Waals surface area (Å²) in [6, 6.07) is 5.19. The van der Waals surface area contributed by atoms with E-state index in [0.29, 0.717) is 5.54 Å². The molecule has 2 heterocycles. The molecule has 2 atom stereocenters. The van der Waals surface area contributed by atoms with Crippen LogP contribution in [0.1, 0.15) is 50.8 Å². The predicted octanol–water partition coefficient (Wildman–Crippen LogP) is 3.92. The van der Waals surface area contributed by atoms with Gasteiger partial charge in [0, 0.05) is 36.1 Å². The summed E-state index contributed by atoms with van der Waals surface area (Å²) in [4.78, 5) is 4.35. The summed E-state index contributed by atoms with van der Waals surface area (Å²) < 4.78 is 0. The zero-order valence-electron chi connectivity index (χ0n) is 13.6. The van der Waals surface area contributed by atoms with Gasteiger partial charge in [-0.05, 0) is 36.6 Å². The van der Waals surface area contributed by atoms with Gasteiger partial charge < -0.3 is 5.32 Å². The molecule has 118 valence electrons. The second-order valence-corrected chi connectivity index (χ2v) is 8.15. The molecule has 1 spiro atoms. The predicted molar refractivity (Wildman–Crippen MR) is 92.0 cm³/mol. The second kappa shape index (κ2) is 6.80. The lowest BCUT2D eigenvalue weighted by atomic mass is 9.87. The maximum atomic E-state index is 3.94. The van der Waals surface area contributed by atoms with Crippen molar-refractivity contribution >= 4 is 11.3 Å². The maximum Gasteiger partial charge on any atom is 0.0309 e. The quantitative estimate of drug-likeness (QED) is 0.887. The Morgan fingerprint density at radius 2 is 2.24 bits per heavy atom. The third-order valence-electron chi connectivity index (χ3n) is 5.75. The third-order valence-corrected chi connectivity index (χ3v) is 6.68. The molecular formula is C18H30N2S. The first kappa shape index (κ1) is 15.5. The van der Waals surface area contributed by atoms with Crippen LogP contribution in [-0.4, -0.2) is 36.1 Å². The highest BCUT2D eigenvalue weighted by Crippen LogP contribution is 2.34. The van der Waals surface area contributed by atoms with Crippen molar-refractivity contribution < 1.29 is 0 Å². The lowest BCUT2D eigenvalue weighted by Gasteiger charge is -2.48. The molecule has 2 fully saturated rings. The Kier molecular flexibility index (Phi) is 5.03. The van der Waals surface area contributed by atoms with E-state index in [1.165, 1.54) is 63.0 Å². The highest BCUT2D eigenvalue weighted by atomic mass is 32.1. The number of rotatable bonds is 5. The van der Waals surface area contributed by atoms with Crippen LogP contribution in [0.3, 0.4) is 0 Å². The number of hydrogen-bond acceptors (Lipinski definition) is 3. The molecule has 1 aromatic heterocycles. The van der Waals surface area contributed by atoms with E-state index in [9.17, 15) is 0 Å². The van der Waals surface area contributed by atoms with Gasteiger partial charge in [-0.3, -0.25) is 4.90 Å². The third kappa shape index (κ3) is 3.52. The summed E-state index contributed by atoms with van der Waals surface area (Å²) in [6.07, 6.45) is 8.11. The first-order valence-corrected chi connectivity index (χ1v) is 9.62. The van der Waals surface area contributed by atoms with Crippen LogP contribution >= 0.6 is 11.3 Å². The normalized spacial score (nSPS) is 27.2. The molecule has 1 aromatic rings. The largest absolute Gasteiger partial charge is 0.308 e. The Hall–Kier alpha value is -0.380. The fraction of sp³-hybridized carbons (Fsp3) is 0.778. The Bertz CT molecular complexity index is 422. The summed E-state index contributed by atoms with van der Waals surface area (Å²) in [5.41, 5.74) is 0.444. The standard InChI is InChI=1S/C18H30N2S/c1-3-15(2)17-13-19-18(9-4-5-10-18)14-20(17)11-8-16-7-6-12-21-16/h6-7,12,15,17,19H,3-5,8-11,13-14H2,1-2H3. The first-order chi connectivity index (χ1) is 10.2. The molecule has 0 radical (unpaired) electrons. The Morgan fingerprint density at radius 3 is 2.90 bits per heavy atom. The van der Waals surface area contributed by atoms with Crippen LogP contribution < -0.4 is 5.32 Å². The lowest BCUT2D eigenvalue weighted by Crippen LogP contribution is -2.64. The van der Waals surface area contributed by atoms with Crippen molar-refractivity contribution in [3.8, 4) is 0 Å². The van der Waals surface area contributed by atoms with E-state index in [2.05, 4.69) is 41.6 Å². The summed E-state index contributed by atoms with van der Waals surface area (Å²) in [6.45, 7) is 8.46. The monoisotopic (exact) mass is 306 g/mol. The minimum absolute atomic E-state index is 0.444. The van der Waals surface area contributed by atoms with Crippen LogP contribution in [-0.2, 0) is 6.42 Å². The van der Waals surface area contributed by atoms with E-state index >= 15 is 0 Å². The Morgan fingerprint density at radius 1 is 1.43 bits per heavy atom. The highest BCUT2D eigenvalue weighted by Gasteiger charge is 2.41. The van der Waals surface area contributed by atoms with Gasteiger partial charge >= 0.3 is 0 Å². The molecule has 3 rings (SSSR count). The molecule has 2 unspecified atom stereocenters. The highest BCUT2D eigenvalue weighted by molar-refractivity contribution is 7.09. The zero-order chi connectivity index (χ0) is 14.7. The molecule has 3 heteroatoms. The van der Waals surface area contributed by atoms with Gasteiger partial charge in [0.05, 0.1) is 0 Å². The fourth-order valence-electron chi connectivity index (χ4n) is 4.19. The number of nitrogens with one attached hydrogen (secondary N) is 1. The van der Waals surface area contributed by atoms with E-state index in [4.69, 9.17) is 0 Å². The molecule has 0 bridgehead atoms. The topological polar surface area (TPSA) is 15.3 Å². The van der Waals surface area contributed by atoms with Crippen molar-refractivity contribution in [3.05, 3.63) is 22.4 Å². The molecule has 21 heavy (non-hydrogen) atoms. The van der Waals surface area contributed by atoms with E-state index < -0.39 is 0 Å². The molecule has 1 aliphatic carbocycles. The van der Waals surface area contributed by atoms with Crippen LogP contribution in [0.15, 0.2) is 17.5 Å². The molecule has 1 saturated heterocycles. The average molecular weight is 307 g/mol. The van der Waals surface area contributed by atoms with Crippen LogP contribution in [0.25, 0.3) is 0 Å². The first-order valence-electron chi connectivity index (χ1n) is 8.74. The van der Waals surface area contributed by atoms with Gasteiger partial charge in [0.1, 0.15) is 0 Å². The van der Waals surface area contributed by atoms with Crippen molar-refractivity contribution in [1.82, 2.24) is 10.2 Å². The van der Waals surface area contributed by atoms with Gasteiger partial charge in [0.2, 0.25) is 0 Å². The summed E-state index contributed by atoms with van der Waals surface area (Å²) in [5, 5.41) is 6.15. The van der Waals surface area contributed by atoms with Gasteiger partial charge in [0.15, 0.2) is 0 Å². The average Bonchev–Trinajstić information content (AvgIpc) is 3.17. The van der Waals surface area contributed by atoms with Gasteiger partial charge in [-0.15, -0.1) is 11.3 Å². The maximum absolute atomic E-state index is 3.94. The molecule has 2 nitrogen and oxygen atoms in total. The van der Waals surface area contributed by atoms with Crippen molar-refractivity contribution in [2.75, 3.05) is 19.6 Å². The number of nitrogens with zero attached hydrogens (tertiary/aromatic N) is 1. The van der Waals surface area contributed by atoms with Crippen LogP contribution in [0.4, 0.5) is 0 Å². The van der Waals surface area contributed by atoms with Crippen molar-refractivity contribution in [1.29, 1.82) is 0 Å². The van der Waals surface area contributed by atoms with Crippen molar-refractivity contribution in [2.45, 2.75) is 64.0 Å². The number of hydrogen-bond donors (Lipinski definition) is 1. The number of thiophene rings is 1. The van der Waals surface area contributed by atoms with Gasteiger partial charge in [0.25, 0.3) is 0 Å². The van der Waals surface area contributed by atoms with Gasteiger partial charge in [-0.1, -0.05) is 39.2 Å². The zero-order valence-corrected chi connectivity index (χ0v) is 14.4. The molecule has 2 aliphatic rings. The fourth-order valence-corrected chi connectivity index (χ4v) is 4.88. The van der Waals surface area contributed by atoms with Crippen LogP contribution in [0, 0.1) is 5.92 Å². The SMILES string of the molecule is CCC(C)C1CNC2(CCCC2)CN1CCc1cccs1.